The van der Waals surface area contributed by atoms with Crippen LogP contribution >= 0.6 is 0 Å². The normalized spacial score (nSPS) is 11.5. The molecule has 0 saturated carbocycles. The monoisotopic (exact) mass is 438 g/mol. The number of aromatic nitrogens is 1. The lowest BCUT2D eigenvalue weighted by molar-refractivity contribution is -0.921. The van der Waals surface area contributed by atoms with Crippen LogP contribution in [0.4, 0.5) is 0 Å². The standard InChI is InChI=1S/C22H19BN.C8H20N/c1-4-12-20(13-5-1)23(24-18-10-11-19-24,21-14-6-2-7-15-21)22-16-8-3-9-17-22;1-5-9(6-2,7-3)8-4/h1-19H;5-8H2,1-4H3/q-1;+1. The number of hydrogen-bond donors (Lipinski definition) is 0. The van der Waals surface area contributed by atoms with Crippen molar-refractivity contribution in [2.75, 3.05) is 26.2 Å². The van der Waals surface area contributed by atoms with Crippen LogP contribution in [0.15, 0.2) is 116 Å². The van der Waals surface area contributed by atoms with Crippen molar-refractivity contribution in [2.45, 2.75) is 27.7 Å². The van der Waals surface area contributed by atoms with Crippen molar-refractivity contribution < 1.29 is 4.48 Å². The Morgan fingerprint density at radius 3 is 1.03 bits per heavy atom. The van der Waals surface area contributed by atoms with Crippen LogP contribution < -0.4 is 16.4 Å². The predicted molar refractivity (Wildman–Crippen MR) is 146 cm³/mol. The molecular formula is C30H39BN2. The molecule has 0 amide bonds. The van der Waals surface area contributed by atoms with E-state index >= 15 is 0 Å². The Morgan fingerprint density at radius 2 is 0.788 bits per heavy atom. The van der Waals surface area contributed by atoms with E-state index in [1.807, 2.05) is 0 Å². The summed E-state index contributed by atoms with van der Waals surface area (Å²) in [5.41, 5.74) is 3.93. The Bertz CT molecular complexity index is 926. The fraction of sp³-hybridized carbons (Fsp3) is 0.267. The third kappa shape index (κ3) is 5.15. The van der Waals surface area contributed by atoms with Gasteiger partial charge in [-0.05, 0) is 52.2 Å². The zero-order valence-corrected chi connectivity index (χ0v) is 20.8. The van der Waals surface area contributed by atoms with Crippen molar-refractivity contribution in [3.8, 4) is 0 Å². The third-order valence-electron chi connectivity index (χ3n) is 7.60. The zero-order chi connectivity index (χ0) is 23.6. The smallest absolute Gasteiger partial charge is 0.172 e. The summed E-state index contributed by atoms with van der Waals surface area (Å²) in [6.07, 6.45) is 3.09. The Kier molecular flexibility index (Phi) is 8.74. The largest absolute Gasteiger partial charge is 0.517 e. The molecule has 0 unspecified atom stereocenters. The molecule has 0 saturated heterocycles. The van der Waals surface area contributed by atoms with Gasteiger partial charge >= 0.3 is 0 Å². The number of benzene rings is 3. The summed E-state index contributed by atoms with van der Waals surface area (Å²) in [5.74, 6) is 0. The minimum atomic E-state index is -1.26. The summed E-state index contributed by atoms with van der Waals surface area (Å²) in [4.78, 5) is 0. The topological polar surface area (TPSA) is 4.93 Å². The van der Waals surface area contributed by atoms with Gasteiger partial charge in [0, 0.05) is 0 Å². The molecule has 172 valence electrons. The Balaban J connectivity index is 0.000000292. The van der Waals surface area contributed by atoms with Crippen molar-refractivity contribution in [3.05, 3.63) is 116 Å². The van der Waals surface area contributed by atoms with Gasteiger partial charge < -0.3 is 8.96 Å². The van der Waals surface area contributed by atoms with Crippen LogP contribution in [0, 0.1) is 0 Å². The highest BCUT2D eigenvalue weighted by Gasteiger charge is 2.31. The van der Waals surface area contributed by atoms with Gasteiger partial charge in [0.15, 0.2) is 6.28 Å². The molecule has 0 aliphatic carbocycles. The second kappa shape index (κ2) is 11.7. The Hall–Kier alpha value is -3.04. The van der Waals surface area contributed by atoms with E-state index in [1.165, 1.54) is 47.1 Å². The highest BCUT2D eigenvalue weighted by molar-refractivity contribution is 7.10. The van der Waals surface area contributed by atoms with Crippen molar-refractivity contribution in [2.24, 2.45) is 0 Å². The molecule has 3 heteroatoms. The molecule has 0 N–H and O–H groups in total. The molecule has 33 heavy (non-hydrogen) atoms. The summed E-state index contributed by atoms with van der Waals surface area (Å²) < 4.78 is 3.64. The maximum absolute atomic E-state index is 2.36. The molecule has 0 aliphatic heterocycles. The van der Waals surface area contributed by atoms with Crippen LogP contribution in [0.5, 0.6) is 0 Å². The predicted octanol–water partition coefficient (Wildman–Crippen LogP) is 4.89. The highest BCUT2D eigenvalue weighted by atomic mass is 15.3. The van der Waals surface area contributed by atoms with Gasteiger partial charge in [0.25, 0.3) is 0 Å². The maximum atomic E-state index is 2.36. The minimum Gasteiger partial charge on any atom is -0.517 e. The average molecular weight is 438 g/mol. The molecule has 0 radical (unpaired) electrons. The van der Waals surface area contributed by atoms with E-state index in [9.17, 15) is 0 Å². The summed E-state index contributed by atoms with van der Waals surface area (Å²) in [6.45, 7) is 14.2. The van der Waals surface area contributed by atoms with Crippen molar-refractivity contribution in [3.63, 3.8) is 0 Å². The molecule has 1 heterocycles. The van der Waals surface area contributed by atoms with Crippen LogP contribution in [-0.4, -0.2) is 41.4 Å². The van der Waals surface area contributed by atoms with Crippen LogP contribution in [0.1, 0.15) is 27.7 Å². The van der Waals surface area contributed by atoms with Gasteiger partial charge in [0.2, 0.25) is 0 Å². The first-order valence-electron chi connectivity index (χ1n) is 12.5. The molecule has 1 aromatic heterocycles. The van der Waals surface area contributed by atoms with E-state index in [0.717, 1.165) is 0 Å². The zero-order valence-electron chi connectivity index (χ0n) is 20.8. The third-order valence-corrected chi connectivity index (χ3v) is 7.60. The van der Waals surface area contributed by atoms with Gasteiger partial charge in [-0.15, -0.1) is 0 Å². The second-order valence-corrected chi connectivity index (χ2v) is 8.79. The molecule has 3 aromatic carbocycles. The molecule has 4 rings (SSSR count). The Morgan fingerprint density at radius 1 is 0.485 bits per heavy atom. The van der Waals surface area contributed by atoms with E-state index in [1.54, 1.807) is 0 Å². The quantitative estimate of drug-likeness (QED) is 0.273. The molecule has 2 nitrogen and oxygen atoms in total. The molecule has 0 aliphatic rings. The average Bonchev–Trinajstić information content (AvgIpc) is 3.44. The Labute approximate surface area is 201 Å². The van der Waals surface area contributed by atoms with Crippen LogP contribution in [0.2, 0.25) is 0 Å². The molecule has 0 spiro atoms. The van der Waals surface area contributed by atoms with Crippen LogP contribution in [-0.2, 0) is 0 Å². The first kappa shape index (κ1) is 24.6. The fourth-order valence-corrected chi connectivity index (χ4v) is 5.24. The molecule has 4 aromatic rings. The molecule has 0 bridgehead atoms. The van der Waals surface area contributed by atoms with E-state index in [2.05, 4.69) is 148 Å². The first-order valence-corrected chi connectivity index (χ1v) is 12.5. The lowest BCUT2D eigenvalue weighted by Crippen LogP contribution is -2.71. The maximum Gasteiger partial charge on any atom is 0.172 e. The molecule has 0 fully saturated rings. The second-order valence-electron chi connectivity index (χ2n) is 8.79. The summed E-state index contributed by atoms with van der Waals surface area (Å²) in [6, 6.07) is 36.6. The fourth-order valence-electron chi connectivity index (χ4n) is 5.24. The van der Waals surface area contributed by atoms with Crippen molar-refractivity contribution in [1.29, 1.82) is 0 Å². The summed E-state index contributed by atoms with van der Waals surface area (Å²) >= 11 is 0. The van der Waals surface area contributed by atoms with Crippen LogP contribution in [0.3, 0.4) is 0 Å². The van der Waals surface area contributed by atoms with Gasteiger partial charge in [-0.2, -0.15) is 16.4 Å². The minimum absolute atomic E-state index is 1.26. The van der Waals surface area contributed by atoms with E-state index < -0.39 is 6.28 Å². The highest BCUT2D eigenvalue weighted by Crippen LogP contribution is 2.11. The van der Waals surface area contributed by atoms with Gasteiger partial charge in [-0.1, -0.05) is 91.0 Å². The lowest BCUT2D eigenvalue weighted by atomic mass is 9.24. The number of hydrogen-bond acceptors (Lipinski definition) is 0. The number of rotatable bonds is 8. The van der Waals surface area contributed by atoms with Gasteiger partial charge in [0.05, 0.1) is 26.2 Å². The van der Waals surface area contributed by atoms with E-state index in [0.29, 0.717) is 0 Å². The van der Waals surface area contributed by atoms with Crippen molar-refractivity contribution in [1.82, 2.24) is 4.48 Å². The van der Waals surface area contributed by atoms with E-state index in [4.69, 9.17) is 0 Å². The van der Waals surface area contributed by atoms with Gasteiger partial charge in [0.1, 0.15) is 0 Å². The SMILES string of the molecule is CC[N+](CC)(CC)CC.c1ccc([B-](c2ccccc2)(c2ccccc2)n2cccc2)cc1. The van der Waals surface area contributed by atoms with Gasteiger partial charge in [-0.25, -0.2) is 0 Å². The molecule has 0 atom stereocenters. The van der Waals surface area contributed by atoms with Crippen LogP contribution in [0.25, 0.3) is 0 Å². The van der Waals surface area contributed by atoms with Crippen molar-refractivity contribution >= 4 is 22.7 Å². The number of quaternary nitrogens is 1. The first-order chi connectivity index (χ1) is 16.2. The number of nitrogens with zero attached hydrogens (tertiary/aromatic N) is 2. The summed E-state index contributed by atoms with van der Waals surface area (Å²) in [5, 5.41) is 0. The summed E-state index contributed by atoms with van der Waals surface area (Å²) in [7, 11) is 0. The van der Waals surface area contributed by atoms with E-state index in [-0.39, 0.29) is 0 Å². The lowest BCUT2D eigenvalue weighted by Gasteiger charge is -2.45. The van der Waals surface area contributed by atoms with Gasteiger partial charge in [-0.3, -0.25) is 0 Å². The molecular weight excluding hydrogens is 399 g/mol.